The van der Waals surface area contributed by atoms with Crippen molar-refractivity contribution in [1.29, 1.82) is 0 Å². The number of benzene rings is 1. The average molecular weight is 267 g/mol. The number of anilines is 1. The van der Waals surface area contributed by atoms with Crippen LogP contribution < -0.4 is 5.73 Å². The van der Waals surface area contributed by atoms with E-state index in [0.29, 0.717) is 6.54 Å². The van der Waals surface area contributed by atoms with E-state index in [1.165, 1.54) is 10.7 Å². The molecule has 2 rings (SSSR count). The Morgan fingerprint density at radius 3 is 2.74 bits per heavy atom. The molecular weight excluding hydrogens is 252 g/mol. The van der Waals surface area contributed by atoms with E-state index in [0.717, 1.165) is 25.3 Å². The first kappa shape index (κ1) is 13.4. The Bertz CT molecular complexity index is 567. The van der Waals surface area contributed by atoms with Crippen LogP contribution in [0.4, 0.5) is 14.5 Å². The molecule has 0 saturated heterocycles. The second kappa shape index (κ2) is 5.73. The van der Waals surface area contributed by atoms with Crippen molar-refractivity contribution in [2.45, 2.75) is 32.7 Å². The van der Waals surface area contributed by atoms with Crippen molar-refractivity contribution in [1.82, 2.24) is 20.2 Å². The summed E-state index contributed by atoms with van der Waals surface area (Å²) in [5.41, 5.74) is 5.43. The third-order valence-electron chi connectivity index (χ3n) is 2.83. The van der Waals surface area contributed by atoms with Crippen LogP contribution in [0.5, 0.6) is 0 Å². The molecule has 0 unspecified atom stereocenters. The lowest BCUT2D eigenvalue weighted by Crippen LogP contribution is -2.05. The van der Waals surface area contributed by atoms with Gasteiger partial charge in [0.2, 0.25) is 0 Å². The number of tetrazole rings is 1. The van der Waals surface area contributed by atoms with Crippen LogP contribution in [-0.2, 0) is 6.54 Å². The van der Waals surface area contributed by atoms with E-state index in [2.05, 4.69) is 22.4 Å². The largest absolute Gasteiger partial charge is 0.396 e. The van der Waals surface area contributed by atoms with Gasteiger partial charge in [0.15, 0.2) is 5.82 Å². The standard InChI is InChI=1S/C12H15F2N5/c1-2-3-4-5-19-12(16-17-18-19)8-6-11(15)10(14)7-9(8)13/h6-7H,2-5,15H2,1H3. The molecule has 0 radical (unpaired) electrons. The van der Waals surface area contributed by atoms with Crippen molar-refractivity contribution < 1.29 is 8.78 Å². The van der Waals surface area contributed by atoms with E-state index in [1.807, 2.05) is 0 Å². The van der Waals surface area contributed by atoms with Gasteiger partial charge in [0.1, 0.15) is 11.6 Å². The lowest BCUT2D eigenvalue weighted by molar-refractivity contribution is 0.538. The second-order valence-electron chi connectivity index (χ2n) is 4.29. The molecule has 1 heterocycles. The molecule has 7 heteroatoms. The summed E-state index contributed by atoms with van der Waals surface area (Å²) in [5, 5.41) is 11.1. The number of nitrogens with two attached hydrogens (primary N) is 1. The molecule has 5 nitrogen and oxygen atoms in total. The molecule has 19 heavy (non-hydrogen) atoms. The molecule has 0 bridgehead atoms. The van der Waals surface area contributed by atoms with Gasteiger partial charge in [-0.25, -0.2) is 13.5 Å². The Labute approximate surface area is 109 Å². The maximum absolute atomic E-state index is 13.8. The maximum Gasteiger partial charge on any atom is 0.185 e. The summed E-state index contributed by atoms with van der Waals surface area (Å²) < 4.78 is 28.4. The molecule has 0 aliphatic heterocycles. The van der Waals surface area contributed by atoms with Crippen LogP contribution in [0.2, 0.25) is 0 Å². The van der Waals surface area contributed by atoms with Crippen molar-refractivity contribution in [3.05, 3.63) is 23.8 Å². The van der Waals surface area contributed by atoms with E-state index in [9.17, 15) is 8.78 Å². The zero-order chi connectivity index (χ0) is 13.8. The molecule has 0 atom stereocenters. The number of halogens is 2. The molecule has 2 aromatic rings. The molecule has 0 spiro atoms. The fraction of sp³-hybridized carbons (Fsp3) is 0.417. The van der Waals surface area contributed by atoms with E-state index >= 15 is 0 Å². The smallest absolute Gasteiger partial charge is 0.185 e. The number of rotatable bonds is 5. The molecule has 2 N–H and O–H groups in total. The molecule has 0 aliphatic carbocycles. The highest BCUT2D eigenvalue weighted by Gasteiger charge is 2.16. The van der Waals surface area contributed by atoms with Gasteiger partial charge >= 0.3 is 0 Å². The van der Waals surface area contributed by atoms with Crippen molar-refractivity contribution in [2.24, 2.45) is 0 Å². The molecule has 0 fully saturated rings. The monoisotopic (exact) mass is 267 g/mol. The number of aromatic nitrogens is 4. The van der Waals surface area contributed by atoms with Crippen LogP contribution in [-0.4, -0.2) is 20.2 Å². The van der Waals surface area contributed by atoms with Crippen LogP contribution in [0.1, 0.15) is 26.2 Å². The zero-order valence-corrected chi connectivity index (χ0v) is 10.6. The summed E-state index contributed by atoms with van der Waals surface area (Å²) in [5.74, 6) is -1.25. The Morgan fingerprint density at radius 2 is 2.00 bits per heavy atom. The minimum atomic E-state index is -0.786. The summed E-state index contributed by atoms with van der Waals surface area (Å²) >= 11 is 0. The highest BCUT2D eigenvalue weighted by Crippen LogP contribution is 2.25. The lowest BCUT2D eigenvalue weighted by atomic mass is 10.1. The van der Waals surface area contributed by atoms with Crippen LogP contribution in [0.25, 0.3) is 11.4 Å². The Hall–Kier alpha value is -2.05. The SMILES string of the molecule is CCCCCn1nnnc1-c1cc(N)c(F)cc1F. The topological polar surface area (TPSA) is 69.6 Å². The molecule has 102 valence electrons. The third kappa shape index (κ3) is 2.86. The molecule has 1 aromatic carbocycles. The van der Waals surface area contributed by atoms with Crippen LogP contribution >= 0.6 is 0 Å². The minimum Gasteiger partial charge on any atom is -0.396 e. The van der Waals surface area contributed by atoms with Gasteiger partial charge in [-0.15, -0.1) is 5.10 Å². The number of unbranched alkanes of at least 4 members (excludes halogenated alkanes) is 2. The zero-order valence-electron chi connectivity index (χ0n) is 10.6. The van der Waals surface area contributed by atoms with Crippen LogP contribution in [0.3, 0.4) is 0 Å². The van der Waals surface area contributed by atoms with Gasteiger partial charge in [-0.2, -0.15) is 0 Å². The van der Waals surface area contributed by atoms with E-state index in [4.69, 9.17) is 5.73 Å². The fourth-order valence-corrected chi connectivity index (χ4v) is 1.80. The predicted octanol–water partition coefficient (Wildman–Crippen LogP) is 2.39. The fourth-order valence-electron chi connectivity index (χ4n) is 1.80. The molecule has 0 saturated carbocycles. The minimum absolute atomic E-state index is 0.111. The Morgan fingerprint density at radius 1 is 1.21 bits per heavy atom. The van der Waals surface area contributed by atoms with Gasteiger partial charge in [-0.05, 0) is 22.9 Å². The number of hydrogen-bond donors (Lipinski definition) is 1. The first-order valence-electron chi connectivity index (χ1n) is 6.14. The quantitative estimate of drug-likeness (QED) is 0.667. The summed E-state index contributed by atoms with van der Waals surface area (Å²) in [6, 6.07) is 1.96. The number of hydrogen-bond acceptors (Lipinski definition) is 4. The maximum atomic E-state index is 13.8. The van der Waals surface area contributed by atoms with Gasteiger partial charge in [-0.3, -0.25) is 0 Å². The number of nitrogens with zero attached hydrogens (tertiary/aromatic N) is 4. The van der Waals surface area contributed by atoms with E-state index in [1.54, 1.807) is 0 Å². The summed E-state index contributed by atoms with van der Waals surface area (Å²) in [6.45, 7) is 2.67. The van der Waals surface area contributed by atoms with Crippen molar-refractivity contribution in [2.75, 3.05) is 5.73 Å². The Balaban J connectivity index is 2.32. The van der Waals surface area contributed by atoms with Crippen molar-refractivity contribution in [3.63, 3.8) is 0 Å². The average Bonchev–Trinajstić information content (AvgIpc) is 2.82. The van der Waals surface area contributed by atoms with Crippen LogP contribution in [0.15, 0.2) is 12.1 Å². The van der Waals surface area contributed by atoms with Crippen LogP contribution in [0, 0.1) is 11.6 Å². The number of nitrogen functional groups attached to an aromatic ring is 1. The van der Waals surface area contributed by atoms with E-state index < -0.39 is 11.6 Å². The van der Waals surface area contributed by atoms with Gasteiger partial charge < -0.3 is 5.73 Å². The molecule has 0 amide bonds. The summed E-state index contributed by atoms with van der Waals surface area (Å²) in [4.78, 5) is 0. The highest BCUT2D eigenvalue weighted by molar-refractivity contribution is 5.62. The highest BCUT2D eigenvalue weighted by atomic mass is 19.1. The first-order valence-corrected chi connectivity index (χ1v) is 6.14. The second-order valence-corrected chi connectivity index (χ2v) is 4.29. The van der Waals surface area contributed by atoms with Crippen molar-refractivity contribution >= 4 is 5.69 Å². The van der Waals surface area contributed by atoms with Gasteiger partial charge in [0, 0.05) is 12.6 Å². The van der Waals surface area contributed by atoms with E-state index in [-0.39, 0.29) is 17.1 Å². The summed E-state index contributed by atoms with van der Waals surface area (Å²) in [7, 11) is 0. The molecular formula is C12H15F2N5. The third-order valence-corrected chi connectivity index (χ3v) is 2.83. The normalized spacial score (nSPS) is 10.9. The van der Waals surface area contributed by atoms with Gasteiger partial charge in [0.05, 0.1) is 11.3 Å². The summed E-state index contributed by atoms with van der Waals surface area (Å²) in [6.07, 6.45) is 3.00. The molecule has 0 aliphatic rings. The van der Waals surface area contributed by atoms with Gasteiger partial charge in [-0.1, -0.05) is 19.8 Å². The Kier molecular flexibility index (Phi) is 4.03. The molecule has 1 aromatic heterocycles. The lowest BCUT2D eigenvalue weighted by Gasteiger charge is -2.06. The van der Waals surface area contributed by atoms with Crippen molar-refractivity contribution in [3.8, 4) is 11.4 Å². The predicted molar refractivity (Wildman–Crippen MR) is 67.1 cm³/mol. The van der Waals surface area contributed by atoms with Gasteiger partial charge in [0.25, 0.3) is 0 Å². The first-order chi connectivity index (χ1) is 9.13. The number of aryl methyl sites for hydroxylation is 1.